The van der Waals surface area contributed by atoms with E-state index in [0.29, 0.717) is 0 Å². The van der Waals surface area contributed by atoms with Gasteiger partial charge in [0, 0.05) is 0 Å². The van der Waals surface area contributed by atoms with E-state index in [-0.39, 0.29) is 17.7 Å². The summed E-state index contributed by atoms with van der Waals surface area (Å²) in [4.78, 5) is 22.4. The molecule has 0 aliphatic carbocycles. The van der Waals surface area contributed by atoms with Crippen molar-refractivity contribution in [3.63, 3.8) is 0 Å². The molecule has 1 rings (SSSR count). The van der Waals surface area contributed by atoms with Gasteiger partial charge in [0.2, 0.25) is 5.91 Å². The van der Waals surface area contributed by atoms with Gasteiger partial charge in [0.05, 0.1) is 11.1 Å². The lowest BCUT2D eigenvalue weighted by Crippen LogP contribution is -2.17. The van der Waals surface area contributed by atoms with Crippen LogP contribution in [0.1, 0.15) is 20.7 Å². The first-order valence-electron chi connectivity index (χ1n) is 4.16. The molecule has 4 nitrogen and oxygen atoms in total. The van der Waals surface area contributed by atoms with Gasteiger partial charge in [-0.1, -0.05) is 18.1 Å². The minimum atomic E-state index is -0.678. The summed E-state index contributed by atoms with van der Waals surface area (Å²) in [6.07, 6.45) is 4.93. The van der Waals surface area contributed by atoms with Crippen molar-refractivity contribution in [2.45, 2.75) is 0 Å². The van der Waals surface area contributed by atoms with Crippen LogP contribution in [0.2, 0.25) is 0 Å². The van der Waals surface area contributed by atoms with E-state index in [1.165, 1.54) is 12.1 Å². The van der Waals surface area contributed by atoms with Crippen LogP contribution in [0, 0.1) is 12.3 Å². The van der Waals surface area contributed by atoms with E-state index in [4.69, 9.17) is 12.2 Å². The lowest BCUT2D eigenvalue weighted by molar-refractivity contribution is 0.0553. The van der Waals surface area contributed by atoms with Gasteiger partial charge in [-0.15, -0.1) is 6.42 Å². The summed E-state index contributed by atoms with van der Waals surface area (Å²) in [5, 5.41) is 0. The summed E-state index contributed by atoms with van der Waals surface area (Å²) in [6.45, 7) is -0.133. The Morgan fingerprint density at radius 1 is 1.33 bits per heavy atom. The standard InChI is InChI=1S/C11H9NO3/c1-2-7-15-11(14)9-6-4-3-5-8(9)10(12)13/h1,3-6H,7H2,(H2,12,13). The van der Waals surface area contributed by atoms with Gasteiger partial charge in [-0.05, 0) is 12.1 Å². The summed E-state index contributed by atoms with van der Waals surface area (Å²) >= 11 is 0. The lowest BCUT2D eigenvalue weighted by atomic mass is 10.1. The van der Waals surface area contributed by atoms with Crippen LogP contribution < -0.4 is 5.73 Å². The smallest absolute Gasteiger partial charge is 0.339 e. The number of esters is 1. The zero-order valence-electron chi connectivity index (χ0n) is 7.90. The second kappa shape index (κ2) is 4.82. The first-order valence-corrected chi connectivity index (χ1v) is 4.16. The quantitative estimate of drug-likeness (QED) is 0.577. The third-order valence-corrected chi connectivity index (χ3v) is 1.70. The Balaban J connectivity index is 2.98. The summed E-state index contributed by atoms with van der Waals surface area (Å²) in [7, 11) is 0. The molecule has 0 aromatic heterocycles. The molecule has 0 bridgehead atoms. The zero-order valence-corrected chi connectivity index (χ0v) is 7.90. The van der Waals surface area contributed by atoms with E-state index in [0.717, 1.165) is 0 Å². The van der Waals surface area contributed by atoms with Crippen molar-refractivity contribution >= 4 is 11.9 Å². The first-order chi connectivity index (χ1) is 7.16. The maximum atomic E-state index is 11.4. The molecule has 0 radical (unpaired) electrons. The number of benzene rings is 1. The Morgan fingerprint density at radius 3 is 2.47 bits per heavy atom. The maximum Gasteiger partial charge on any atom is 0.339 e. The highest BCUT2D eigenvalue weighted by atomic mass is 16.5. The predicted octanol–water partition coefficient (Wildman–Crippen LogP) is 0.576. The number of hydrogen-bond acceptors (Lipinski definition) is 3. The Bertz CT molecular complexity index is 432. The van der Waals surface area contributed by atoms with E-state index >= 15 is 0 Å². The highest BCUT2D eigenvalue weighted by Gasteiger charge is 2.14. The molecule has 0 atom stereocenters. The fourth-order valence-electron chi connectivity index (χ4n) is 1.06. The Morgan fingerprint density at radius 2 is 1.93 bits per heavy atom. The Kier molecular flexibility index (Phi) is 3.47. The molecule has 4 heteroatoms. The first kappa shape index (κ1) is 10.8. The minimum absolute atomic E-state index is 0.125. The van der Waals surface area contributed by atoms with Crippen LogP contribution in [0.25, 0.3) is 0 Å². The second-order valence-corrected chi connectivity index (χ2v) is 2.69. The molecule has 1 aromatic rings. The fourth-order valence-corrected chi connectivity index (χ4v) is 1.06. The molecule has 1 amide bonds. The van der Waals surface area contributed by atoms with Gasteiger partial charge in [-0.25, -0.2) is 4.79 Å². The van der Waals surface area contributed by atoms with Gasteiger partial charge in [0.25, 0.3) is 0 Å². The van der Waals surface area contributed by atoms with Gasteiger partial charge < -0.3 is 10.5 Å². The van der Waals surface area contributed by atoms with Crippen molar-refractivity contribution in [1.82, 2.24) is 0 Å². The average Bonchev–Trinajstić information content (AvgIpc) is 2.25. The third kappa shape index (κ3) is 2.58. The number of hydrogen-bond donors (Lipinski definition) is 1. The van der Waals surface area contributed by atoms with Crippen molar-refractivity contribution in [2.24, 2.45) is 5.73 Å². The summed E-state index contributed by atoms with van der Waals surface area (Å²) < 4.78 is 4.69. The molecule has 0 heterocycles. The van der Waals surface area contributed by atoms with Gasteiger partial charge in [-0.2, -0.15) is 0 Å². The van der Waals surface area contributed by atoms with Gasteiger partial charge >= 0.3 is 5.97 Å². The van der Waals surface area contributed by atoms with Crippen molar-refractivity contribution in [3.8, 4) is 12.3 Å². The normalized spacial score (nSPS) is 9.00. The van der Waals surface area contributed by atoms with Gasteiger partial charge in [-0.3, -0.25) is 4.79 Å². The molecule has 0 unspecified atom stereocenters. The minimum Gasteiger partial charge on any atom is -0.449 e. The van der Waals surface area contributed by atoms with Crippen LogP contribution in [0.15, 0.2) is 24.3 Å². The molecule has 0 spiro atoms. The fraction of sp³-hybridized carbons (Fsp3) is 0.0909. The largest absolute Gasteiger partial charge is 0.449 e. The second-order valence-electron chi connectivity index (χ2n) is 2.69. The molecule has 0 aliphatic heterocycles. The SMILES string of the molecule is C#CCOC(=O)c1ccccc1C(N)=O. The highest BCUT2D eigenvalue weighted by molar-refractivity contribution is 6.04. The van der Waals surface area contributed by atoms with E-state index in [1.807, 2.05) is 0 Å². The molecule has 15 heavy (non-hydrogen) atoms. The molecular formula is C11H9NO3. The molecule has 2 N–H and O–H groups in total. The van der Waals surface area contributed by atoms with Gasteiger partial charge in [0.15, 0.2) is 6.61 Å². The van der Waals surface area contributed by atoms with Crippen molar-refractivity contribution in [2.75, 3.05) is 6.61 Å². The molecule has 0 saturated heterocycles. The average molecular weight is 203 g/mol. The van der Waals surface area contributed by atoms with Crippen LogP contribution in [0.4, 0.5) is 0 Å². The molecular weight excluding hydrogens is 194 g/mol. The number of rotatable bonds is 3. The Hall–Kier alpha value is -2.28. The van der Waals surface area contributed by atoms with Crippen LogP contribution in [-0.4, -0.2) is 18.5 Å². The molecule has 0 aliphatic rings. The number of nitrogens with two attached hydrogens (primary N) is 1. The summed E-state index contributed by atoms with van der Waals surface area (Å²) in [5.41, 5.74) is 5.34. The molecule has 76 valence electrons. The Labute approximate surface area is 87.0 Å². The van der Waals surface area contributed by atoms with Crippen LogP contribution >= 0.6 is 0 Å². The third-order valence-electron chi connectivity index (χ3n) is 1.70. The number of amides is 1. The summed E-state index contributed by atoms with van der Waals surface area (Å²) in [5.74, 6) is 0.830. The van der Waals surface area contributed by atoms with Crippen LogP contribution in [0.3, 0.4) is 0 Å². The topological polar surface area (TPSA) is 69.4 Å². The lowest BCUT2D eigenvalue weighted by Gasteiger charge is -2.04. The molecule has 1 aromatic carbocycles. The number of carbonyl (C=O) groups excluding carboxylic acids is 2. The molecule has 0 saturated carbocycles. The predicted molar refractivity (Wildman–Crippen MR) is 54.1 cm³/mol. The van der Waals surface area contributed by atoms with Crippen molar-refractivity contribution in [3.05, 3.63) is 35.4 Å². The van der Waals surface area contributed by atoms with Crippen LogP contribution in [-0.2, 0) is 4.74 Å². The summed E-state index contributed by atoms with van der Waals surface area (Å²) in [6, 6.07) is 6.13. The van der Waals surface area contributed by atoms with E-state index in [9.17, 15) is 9.59 Å². The maximum absolute atomic E-state index is 11.4. The van der Waals surface area contributed by atoms with Crippen LogP contribution in [0.5, 0.6) is 0 Å². The van der Waals surface area contributed by atoms with E-state index in [2.05, 4.69) is 10.7 Å². The molecule has 0 fully saturated rings. The monoisotopic (exact) mass is 203 g/mol. The van der Waals surface area contributed by atoms with E-state index in [1.54, 1.807) is 12.1 Å². The van der Waals surface area contributed by atoms with E-state index < -0.39 is 11.9 Å². The van der Waals surface area contributed by atoms with Crippen molar-refractivity contribution in [1.29, 1.82) is 0 Å². The zero-order chi connectivity index (χ0) is 11.3. The number of carbonyl (C=O) groups is 2. The van der Waals surface area contributed by atoms with Gasteiger partial charge in [0.1, 0.15) is 0 Å². The number of ether oxygens (including phenoxy) is 1. The van der Waals surface area contributed by atoms with Crippen molar-refractivity contribution < 1.29 is 14.3 Å². The highest BCUT2D eigenvalue weighted by Crippen LogP contribution is 2.09. The number of primary amides is 1. The number of terminal acetylenes is 1.